The van der Waals surface area contributed by atoms with E-state index in [-0.39, 0.29) is 6.04 Å². The van der Waals surface area contributed by atoms with E-state index < -0.39 is 0 Å². The second kappa shape index (κ2) is 4.27. The molecule has 0 aliphatic carbocycles. The van der Waals surface area contributed by atoms with Crippen LogP contribution in [0.2, 0.25) is 0 Å². The Balaban J connectivity index is 2.11. The Kier molecular flexibility index (Phi) is 2.60. The van der Waals surface area contributed by atoms with Crippen LogP contribution in [-0.2, 0) is 7.05 Å². The van der Waals surface area contributed by atoms with Crippen molar-refractivity contribution in [3.63, 3.8) is 0 Å². The number of nitrogens with zero attached hydrogens (tertiary/aromatic N) is 4. The molecule has 0 aliphatic rings. The molecule has 5 nitrogen and oxygen atoms in total. The smallest absolute Gasteiger partial charge is 0.0928 e. The van der Waals surface area contributed by atoms with Gasteiger partial charge in [0.1, 0.15) is 0 Å². The summed E-state index contributed by atoms with van der Waals surface area (Å²) in [4.78, 5) is 0. The molecule has 3 aromatic rings. The lowest BCUT2D eigenvalue weighted by Crippen LogP contribution is -2.21. The molecule has 18 heavy (non-hydrogen) atoms. The molecular formula is C13H15N5. The van der Waals surface area contributed by atoms with Gasteiger partial charge in [-0.2, -0.15) is 10.2 Å². The van der Waals surface area contributed by atoms with Crippen LogP contribution >= 0.6 is 0 Å². The highest BCUT2D eigenvalue weighted by Gasteiger charge is 2.16. The van der Waals surface area contributed by atoms with Crippen LogP contribution in [0.3, 0.4) is 0 Å². The number of rotatable bonds is 3. The van der Waals surface area contributed by atoms with E-state index in [1.807, 2.05) is 42.5 Å². The molecule has 1 atom stereocenters. The fraction of sp³-hybridized carbons (Fsp3) is 0.231. The molecule has 0 fully saturated rings. The zero-order valence-corrected chi connectivity index (χ0v) is 10.2. The van der Waals surface area contributed by atoms with Gasteiger partial charge in [-0.25, -0.2) is 0 Å². The van der Waals surface area contributed by atoms with Gasteiger partial charge in [0, 0.05) is 30.7 Å². The van der Waals surface area contributed by atoms with E-state index in [2.05, 4.69) is 22.3 Å². The molecule has 0 spiro atoms. The monoisotopic (exact) mass is 241 g/mol. The fourth-order valence-corrected chi connectivity index (χ4v) is 2.23. The summed E-state index contributed by atoms with van der Waals surface area (Å²) in [6, 6.07) is 8.16. The third-order valence-corrected chi connectivity index (χ3v) is 3.13. The Morgan fingerprint density at radius 3 is 2.78 bits per heavy atom. The molecule has 1 unspecified atom stereocenters. The van der Waals surface area contributed by atoms with Crippen molar-refractivity contribution in [1.82, 2.24) is 19.6 Å². The van der Waals surface area contributed by atoms with Gasteiger partial charge in [0.25, 0.3) is 0 Å². The largest absolute Gasteiger partial charge is 0.328 e. The first-order valence-electron chi connectivity index (χ1n) is 5.90. The predicted octanol–water partition coefficient (Wildman–Crippen LogP) is 1.32. The van der Waals surface area contributed by atoms with Crippen LogP contribution in [0.1, 0.15) is 11.6 Å². The number of hydrogen-bond donors (Lipinski definition) is 1. The van der Waals surface area contributed by atoms with Crippen molar-refractivity contribution < 1.29 is 0 Å². The summed E-state index contributed by atoms with van der Waals surface area (Å²) < 4.78 is 3.75. The summed E-state index contributed by atoms with van der Waals surface area (Å²) in [6.07, 6.45) is 5.69. The molecule has 0 radical (unpaired) electrons. The Bertz CT molecular complexity index is 667. The maximum absolute atomic E-state index is 5.90. The molecule has 2 N–H and O–H groups in total. The molecule has 1 aromatic carbocycles. The number of benzene rings is 1. The summed E-state index contributed by atoms with van der Waals surface area (Å²) in [6.45, 7) is 0.497. The van der Waals surface area contributed by atoms with Crippen molar-refractivity contribution in [2.45, 2.75) is 6.04 Å². The minimum Gasteiger partial charge on any atom is -0.328 e. The number of nitrogens with two attached hydrogens (primary N) is 1. The predicted molar refractivity (Wildman–Crippen MR) is 70.1 cm³/mol. The van der Waals surface area contributed by atoms with E-state index in [9.17, 15) is 0 Å². The average molecular weight is 241 g/mol. The third-order valence-electron chi connectivity index (χ3n) is 3.13. The maximum Gasteiger partial charge on any atom is 0.0928 e. The van der Waals surface area contributed by atoms with Gasteiger partial charge in [-0.3, -0.25) is 9.36 Å². The molecule has 0 amide bonds. The van der Waals surface area contributed by atoms with Gasteiger partial charge >= 0.3 is 0 Å². The van der Waals surface area contributed by atoms with Gasteiger partial charge in [0.05, 0.1) is 24.0 Å². The summed E-state index contributed by atoms with van der Waals surface area (Å²) in [5.74, 6) is 0. The van der Waals surface area contributed by atoms with Crippen molar-refractivity contribution in [3.8, 4) is 0 Å². The first-order chi connectivity index (χ1) is 8.79. The highest BCUT2D eigenvalue weighted by atomic mass is 15.3. The third kappa shape index (κ3) is 1.69. The zero-order chi connectivity index (χ0) is 12.5. The first kappa shape index (κ1) is 11.0. The minimum absolute atomic E-state index is 0.0265. The quantitative estimate of drug-likeness (QED) is 0.752. The standard InChI is InChI=1S/C13H15N5/c1-17-9-11(8-15-17)13(6-14)18-12-5-3-2-4-10(12)7-16-18/h2-5,7-9,13H,6,14H2,1H3. The Morgan fingerprint density at radius 1 is 1.22 bits per heavy atom. The van der Waals surface area contributed by atoms with Gasteiger partial charge in [-0.05, 0) is 6.07 Å². The van der Waals surface area contributed by atoms with Crippen molar-refractivity contribution in [2.24, 2.45) is 12.8 Å². The van der Waals surface area contributed by atoms with Crippen LogP contribution in [0.25, 0.3) is 10.9 Å². The SMILES string of the molecule is Cn1cc(C(CN)n2ncc3ccccc32)cn1. The Hall–Kier alpha value is -2.14. The van der Waals surface area contributed by atoms with Crippen LogP contribution in [0.5, 0.6) is 0 Å². The fourth-order valence-electron chi connectivity index (χ4n) is 2.23. The Labute approximate surface area is 105 Å². The number of hydrogen-bond acceptors (Lipinski definition) is 3. The molecule has 92 valence electrons. The second-order valence-corrected chi connectivity index (χ2v) is 4.35. The molecular weight excluding hydrogens is 226 g/mol. The number of aryl methyl sites for hydroxylation is 1. The molecule has 0 saturated carbocycles. The summed E-state index contributed by atoms with van der Waals surface area (Å²) in [5, 5.41) is 9.77. The molecule has 2 aromatic heterocycles. The lowest BCUT2D eigenvalue weighted by atomic mass is 10.1. The first-order valence-corrected chi connectivity index (χ1v) is 5.90. The van der Waals surface area contributed by atoms with E-state index in [0.29, 0.717) is 6.54 Å². The van der Waals surface area contributed by atoms with Crippen molar-refractivity contribution in [2.75, 3.05) is 6.54 Å². The lowest BCUT2D eigenvalue weighted by molar-refractivity contribution is 0.548. The summed E-state index contributed by atoms with van der Waals surface area (Å²) in [7, 11) is 1.90. The Morgan fingerprint density at radius 2 is 2.06 bits per heavy atom. The van der Waals surface area contributed by atoms with E-state index in [1.54, 1.807) is 4.68 Å². The number of para-hydroxylation sites is 1. The molecule has 2 heterocycles. The van der Waals surface area contributed by atoms with Crippen molar-refractivity contribution >= 4 is 10.9 Å². The van der Waals surface area contributed by atoms with Gasteiger partial charge < -0.3 is 5.73 Å². The van der Waals surface area contributed by atoms with Crippen LogP contribution < -0.4 is 5.73 Å². The molecule has 5 heteroatoms. The van der Waals surface area contributed by atoms with Crippen LogP contribution in [0.4, 0.5) is 0 Å². The highest BCUT2D eigenvalue weighted by molar-refractivity contribution is 5.78. The maximum atomic E-state index is 5.90. The summed E-state index contributed by atoms with van der Waals surface area (Å²) in [5.41, 5.74) is 8.07. The van der Waals surface area contributed by atoms with Gasteiger partial charge in [-0.15, -0.1) is 0 Å². The number of aromatic nitrogens is 4. The molecule has 0 aliphatic heterocycles. The average Bonchev–Trinajstić information content (AvgIpc) is 2.98. The van der Waals surface area contributed by atoms with Gasteiger partial charge in [-0.1, -0.05) is 18.2 Å². The van der Waals surface area contributed by atoms with Crippen LogP contribution in [0.15, 0.2) is 42.9 Å². The molecule has 0 bridgehead atoms. The van der Waals surface area contributed by atoms with Crippen LogP contribution in [0, 0.1) is 0 Å². The van der Waals surface area contributed by atoms with E-state index in [4.69, 9.17) is 5.73 Å². The van der Waals surface area contributed by atoms with Gasteiger partial charge in [0.15, 0.2) is 0 Å². The van der Waals surface area contributed by atoms with E-state index >= 15 is 0 Å². The van der Waals surface area contributed by atoms with Gasteiger partial charge in [0.2, 0.25) is 0 Å². The summed E-state index contributed by atoms with van der Waals surface area (Å²) >= 11 is 0. The normalized spacial score (nSPS) is 13.0. The lowest BCUT2D eigenvalue weighted by Gasteiger charge is -2.14. The topological polar surface area (TPSA) is 61.7 Å². The highest BCUT2D eigenvalue weighted by Crippen LogP contribution is 2.22. The minimum atomic E-state index is 0.0265. The van der Waals surface area contributed by atoms with E-state index in [1.165, 1.54) is 0 Å². The zero-order valence-electron chi connectivity index (χ0n) is 10.2. The second-order valence-electron chi connectivity index (χ2n) is 4.35. The molecule has 0 saturated heterocycles. The molecule has 3 rings (SSSR count). The van der Waals surface area contributed by atoms with Crippen molar-refractivity contribution in [1.29, 1.82) is 0 Å². The number of fused-ring (bicyclic) bond motifs is 1. The van der Waals surface area contributed by atoms with Crippen molar-refractivity contribution in [3.05, 3.63) is 48.4 Å². The van der Waals surface area contributed by atoms with E-state index in [0.717, 1.165) is 16.5 Å². The van der Waals surface area contributed by atoms with Crippen LogP contribution in [-0.4, -0.2) is 26.1 Å².